The van der Waals surface area contributed by atoms with Crippen LogP contribution in [0.3, 0.4) is 0 Å². The molecule has 0 aliphatic carbocycles. The van der Waals surface area contributed by atoms with Crippen LogP contribution >= 0.6 is 0 Å². The number of rotatable bonds is 7. The SMILES string of the molecule is CCOc1cc(/C=N\NC(=O)C(N)=O)ccc1OCc1ccc(C(C)(C)C)cc1. The molecule has 2 amide bonds. The Morgan fingerprint density at radius 1 is 1.07 bits per heavy atom. The van der Waals surface area contributed by atoms with Crippen molar-refractivity contribution < 1.29 is 19.1 Å². The van der Waals surface area contributed by atoms with E-state index in [2.05, 4.69) is 50.1 Å². The zero-order valence-corrected chi connectivity index (χ0v) is 17.2. The van der Waals surface area contributed by atoms with Crippen LogP contribution in [0.25, 0.3) is 0 Å². The molecule has 0 aliphatic rings. The van der Waals surface area contributed by atoms with E-state index in [4.69, 9.17) is 15.2 Å². The first-order valence-electron chi connectivity index (χ1n) is 9.32. The van der Waals surface area contributed by atoms with Crippen LogP contribution < -0.4 is 20.6 Å². The molecule has 29 heavy (non-hydrogen) atoms. The predicted molar refractivity (Wildman–Crippen MR) is 112 cm³/mol. The van der Waals surface area contributed by atoms with Crippen molar-refractivity contribution in [2.24, 2.45) is 10.8 Å². The van der Waals surface area contributed by atoms with Crippen molar-refractivity contribution in [1.82, 2.24) is 5.43 Å². The molecule has 2 aromatic rings. The fraction of sp³-hybridized carbons (Fsp3) is 0.318. The third-order valence-electron chi connectivity index (χ3n) is 4.09. The summed E-state index contributed by atoms with van der Waals surface area (Å²) in [4.78, 5) is 21.8. The van der Waals surface area contributed by atoms with Crippen molar-refractivity contribution >= 4 is 18.0 Å². The van der Waals surface area contributed by atoms with E-state index in [1.807, 2.05) is 12.3 Å². The molecule has 3 N–H and O–H groups in total. The maximum atomic E-state index is 11.1. The first kappa shape index (κ1) is 21.9. The molecule has 0 atom stereocenters. The van der Waals surface area contributed by atoms with Gasteiger partial charge in [0.05, 0.1) is 12.8 Å². The van der Waals surface area contributed by atoms with E-state index in [0.717, 1.165) is 5.56 Å². The number of ether oxygens (including phenoxy) is 2. The molecule has 0 spiro atoms. The fourth-order valence-electron chi connectivity index (χ4n) is 2.48. The number of hydrogen-bond donors (Lipinski definition) is 2. The van der Waals surface area contributed by atoms with Crippen LogP contribution in [0.15, 0.2) is 47.6 Å². The molecule has 2 rings (SSSR count). The van der Waals surface area contributed by atoms with Crippen molar-refractivity contribution in [3.8, 4) is 11.5 Å². The minimum Gasteiger partial charge on any atom is -0.490 e. The van der Waals surface area contributed by atoms with Crippen molar-refractivity contribution in [3.63, 3.8) is 0 Å². The summed E-state index contributed by atoms with van der Waals surface area (Å²) in [6.07, 6.45) is 1.39. The highest BCUT2D eigenvalue weighted by Crippen LogP contribution is 2.29. The number of nitrogens with one attached hydrogen (secondary N) is 1. The van der Waals surface area contributed by atoms with E-state index in [9.17, 15) is 9.59 Å². The summed E-state index contributed by atoms with van der Waals surface area (Å²) >= 11 is 0. The molecule has 0 radical (unpaired) electrons. The lowest BCUT2D eigenvalue weighted by atomic mass is 9.87. The Hall–Kier alpha value is -3.35. The van der Waals surface area contributed by atoms with Gasteiger partial charge in [0.1, 0.15) is 6.61 Å². The van der Waals surface area contributed by atoms with Crippen LogP contribution in [0.2, 0.25) is 0 Å². The molecule has 7 heteroatoms. The standard InChI is InChI=1S/C22H27N3O4/c1-5-28-19-12-16(13-24-25-21(27)20(23)26)8-11-18(19)29-14-15-6-9-17(10-7-15)22(2,3)4/h6-13H,5,14H2,1-4H3,(H2,23,26)(H,25,27)/b24-13-. The van der Waals surface area contributed by atoms with Crippen molar-refractivity contribution in [3.05, 3.63) is 59.2 Å². The quantitative estimate of drug-likeness (QED) is 0.426. The summed E-state index contributed by atoms with van der Waals surface area (Å²) in [6.45, 7) is 9.29. The number of carbonyl (C=O) groups is 2. The summed E-state index contributed by atoms with van der Waals surface area (Å²) in [5.41, 5.74) is 9.99. The molecule has 0 saturated heterocycles. The number of primary amides is 1. The van der Waals surface area contributed by atoms with Gasteiger partial charge in [0.15, 0.2) is 11.5 Å². The molecule has 0 bridgehead atoms. The highest BCUT2D eigenvalue weighted by molar-refractivity contribution is 6.34. The molecule has 7 nitrogen and oxygen atoms in total. The normalized spacial score (nSPS) is 11.3. The average Bonchev–Trinajstić information content (AvgIpc) is 2.67. The van der Waals surface area contributed by atoms with Gasteiger partial charge in [-0.1, -0.05) is 45.0 Å². The lowest BCUT2D eigenvalue weighted by molar-refractivity contribution is -0.137. The van der Waals surface area contributed by atoms with Crippen LogP contribution in [0.1, 0.15) is 44.4 Å². The molecule has 0 heterocycles. The second kappa shape index (κ2) is 9.73. The lowest BCUT2D eigenvalue weighted by Gasteiger charge is -2.19. The van der Waals surface area contributed by atoms with Crippen molar-refractivity contribution in [2.75, 3.05) is 6.61 Å². The Morgan fingerprint density at radius 2 is 1.76 bits per heavy atom. The molecule has 2 aromatic carbocycles. The van der Waals surface area contributed by atoms with Gasteiger partial charge < -0.3 is 15.2 Å². The van der Waals surface area contributed by atoms with E-state index < -0.39 is 11.8 Å². The number of amides is 2. The second-order valence-corrected chi connectivity index (χ2v) is 7.44. The van der Waals surface area contributed by atoms with Crippen LogP contribution in [0.4, 0.5) is 0 Å². The van der Waals surface area contributed by atoms with Crippen molar-refractivity contribution in [2.45, 2.75) is 39.7 Å². The van der Waals surface area contributed by atoms with Gasteiger partial charge in [0, 0.05) is 0 Å². The van der Waals surface area contributed by atoms with Gasteiger partial charge in [-0.3, -0.25) is 9.59 Å². The Kier molecular flexibility index (Phi) is 7.36. The Bertz CT molecular complexity index is 884. The Labute approximate surface area is 170 Å². The Balaban J connectivity index is 2.07. The fourth-order valence-corrected chi connectivity index (χ4v) is 2.48. The molecular formula is C22H27N3O4. The highest BCUT2D eigenvalue weighted by atomic mass is 16.5. The van der Waals surface area contributed by atoms with Gasteiger partial charge in [0.25, 0.3) is 0 Å². The smallest absolute Gasteiger partial charge is 0.329 e. The van der Waals surface area contributed by atoms with Gasteiger partial charge in [-0.25, -0.2) is 5.43 Å². The molecule has 0 aliphatic heterocycles. The van der Waals surface area contributed by atoms with E-state index in [0.29, 0.717) is 30.3 Å². The van der Waals surface area contributed by atoms with Crippen LogP contribution in [0, 0.1) is 0 Å². The highest BCUT2D eigenvalue weighted by Gasteiger charge is 2.13. The molecule has 0 aromatic heterocycles. The van der Waals surface area contributed by atoms with Crippen LogP contribution in [0.5, 0.6) is 11.5 Å². The summed E-state index contributed by atoms with van der Waals surface area (Å²) in [5.74, 6) is -0.922. The van der Waals surface area contributed by atoms with E-state index in [1.54, 1.807) is 18.2 Å². The van der Waals surface area contributed by atoms with E-state index >= 15 is 0 Å². The monoisotopic (exact) mass is 397 g/mol. The van der Waals surface area contributed by atoms with E-state index in [-0.39, 0.29) is 5.41 Å². The number of hydrazone groups is 1. The number of benzene rings is 2. The topological polar surface area (TPSA) is 103 Å². The molecular weight excluding hydrogens is 370 g/mol. The summed E-state index contributed by atoms with van der Waals surface area (Å²) in [5, 5.41) is 3.69. The number of nitrogens with two attached hydrogens (primary N) is 1. The zero-order chi connectivity index (χ0) is 21.4. The van der Waals surface area contributed by atoms with Crippen LogP contribution in [-0.2, 0) is 21.6 Å². The molecule has 0 fully saturated rings. The number of nitrogens with zero attached hydrogens (tertiary/aromatic N) is 1. The summed E-state index contributed by atoms with van der Waals surface area (Å²) in [7, 11) is 0. The second-order valence-electron chi connectivity index (χ2n) is 7.44. The van der Waals surface area contributed by atoms with E-state index in [1.165, 1.54) is 11.8 Å². The molecule has 154 valence electrons. The van der Waals surface area contributed by atoms with Gasteiger partial charge in [-0.15, -0.1) is 0 Å². The van der Waals surface area contributed by atoms with Crippen LogP contribution in [-0.4, -0.2) is 24.6 Å². The van der Waals surface area contributed by atoms with Gasteiger partial charge in [-0.2, -0.15) is 5.10 Å². The minimum atomic E-state index is -1.10. The number of carbonyl (C=O) groups excluding carboxylic acids is 2. The minimum absolute atomic E-state index is 0.107. The molecule has 0 saturated carbocycles. The van der Waals surface area contributed by atoms with Gasteiger partial charge in [-0.05, 0) is 47.2 Å². The first-order chi connectivity index (χ1) is 13.7. The largest absolute Gasteiger partial charge is 0.490 e. The molecule has 0 unspecified atom stereocenters. The third-order valence-corrected chi connectivity index (χ3v) is 4.09. The summed E-state index contributed by atoms with van der Waals surface area (Å²) in [6, 6.07) is 13.6. The lowest BCUT2D eigenvalue weighted by Crippen LogP contribution is -2.32. The first-order valence-corrected chi connectivity index (χ1v) is 9.32. The Morgan fingerprint density at radius 3 is 2.34 bits per heavy atom. The maximum Gasteiger partial charge on any atom is 0.329 e. The average molecular weight is 397 g/mol. The number of hydrogen-bond acceptors (Lipinski definition) is 5. The maximum absolute atomic E-state index is 11.1. The van der Waals surface area contributed by atoms with Gasteiger partial charge in [0.2, 0.25) is 0 Å². The van der Waals surface area contributed by atoms with Crippen molar-refractivity contribution in [1.29, 1.82) is 0 Å². The predicted octanol–water partition coefficient (Wildman–Crippen LogP) is 2.90. The third kappa shape index (κ3) is 6.64. The zero-order valence-electron chi connectivity index (χ0n) is 17.2. The summed E-state index contributed by atoms with van der Waals surface area (Å²) < 4.78 is 11.6. The van der Waals surface area contributed by atoms with Gasteiger partial charge >= 0.3 is 11.8 Å².